The molecule has 1 amide bonds. The van der Waals surface area contributed by atoms with Crippen LogP contribution in [0.25, 0.3) is 5.82 Å². The van der Waals surface area contributed by atoms with Gasteiger partial charge >= 0.3 is 0 Å². The summed E-state index contributed by atoms with van der Waals surface area (Å²) in [4.78, 5) is 20.6. The van der Waals surface area contributed by atoms with Gasteiger partial charge in [0.25, 0.3) is 5.91 Å². The van der Waals surface area contributed by atoms with E-state index in [4.69, 9.17) is 4.42 Å². The van der Waals surface area contributed by atoms with Crippen LogP contribution in [0.3, 0.4) is 0 Å². The first-order valence-electron chi connectivity index (χ1n) is 8.39. The zero-order valence-corrected chi connectivity index (χ0v) is 15.3. The monoisotopic (exact) mass is 354 g/mol. The first-order chi connectivity index (χ1) is 12.4. The largest absolute Gasteiger partial charge is 0.466 e. The van der Waals surface area contributed by atoms with Crippen molar-refractivity contribution in [3.63, 3.8) is 0 Å². The van der Waals surface area contributed by atoms with Crippen LogP contribution in [-0.2, 0) is 0 Å². The van der Waals surface area contributed by atoms with Gasteiger partial charge in [-0.2, -0.15) is 5.10 Å². The third kappa shape index (κ3) is 3.90. The summed E-state index contributed by atoms with van der Waals surface area (Å²) in [5, 5.41) is 10.5. The topological polar surface area (TPSA) is 97.9 Å². The van der Waals surface area contributed by atoms with Crippen LogP contribution >= 0.6 is 0 Å². The summed E-state index contributed by atoms with van der Waals surface area (Å²) in [7, 11) is 0. The molecule has 2 N–H and O–H groups in total. The molecule has 3 heterocycles. The van der Waals surface area contributed by atoms with Crippen molar-refractivity contribution in [1.82, 2.24) is 25.1 Å². The lowest BCUT2D eigenvalue weighted by Gasteiger charge is -2.09. The van der Waals surface area contributed by atoms with Crippen molar-refractivity contribution in [2.75, 3.05) is 18.4 Å². The number of amides is 1. The van der Waals surface area contributed by atoms with Crippen molar-refractivity contribution in [2.45, 2.75) is 27.7 Å². The molecule has 0 radical (unpaired) electrons. The second-order valence-corrected chi connectivity index (χ2v) is 6.11. The third-order valence-corrected chi connectivity index (χ3v) is 3.88. The minimum Gasteiger partial charge on any atom is -0.466 e. The molecule has 0 spiro atoms. The fourth-order valence-electron chi connectivity index (χ4n) is 2.74. The number of nitrogens with zero attached hydrogens (tertiary/aromatic N) is 4. The van der Waals surface area contributed by atoms with Gasteiger partial charge in [0.05, 0.1) is 11.3 Å². The lowest BCUT2D eigenvalue weighted by atomic mass is 10.2. The predicted octanol–water partition coefficient (Wildman–Crippen LogP) is 2.33. The van der Waals surface area contributed by atoms with Crippen molar-refractivity contribution in [2.24, 2.45) is 0 Å². The molecule has 8 nitrogen and oxygen atoms in total. The Labute approximate surface area is 151 Å². The second-order valence-electron chi connectivity index (χ2n) is 6.11. The van der Waals surface area contributed by atoms with Crippen LogP contribution in [0, 0.1) is 27.7 Å². The molecule has 0 aromatic carbocycles. The van der Waals surface area contributed by atoms with Crippen molar-refractivity contribution < 1.29 is 9.21 Å². The predicted molar refractivity (Wildman–Crippen MR) is 97.6 cm³/mol. The van der Waals surface area contributed by atoms with Crippen LogP contribution in [0.2, 0.25) is 0 Å². The van der Waals surface area contributed by atoms with E-state index in [-0.39, 0.29) is 5.91 Å². The molecule has 3 rings (SSSR count). The zero-order chi connectivity index (χ0) is 18.7. The maximum absolute atomic E-state index is 12.1. The molecule has 0 aliphatic rings. The first kappa shape index (κ1) is 17.7. The minimum atomic E-state index is -0.146. The molecule has 0 aliphatic heterocycles. The normalized spacial score (nSPS) is 10.8. The highest BCUT2D eigenvalue weighted by Crippen LogP contribution is 2.13. The summed E-state index contributed by atoms with van der Waals surface area (Å²) >= 11 is 0. The molecule has 0 saturated heterocycles. The Morgan fingerprint density at radius 1 is 1.12 bits per heavy atom. The van der Waals surface area contributed by atoms with Crippen LogP contribution in [0.15, 0.2) is 28.9 Å². The molecule has 26 heavy (non-hydrogen) atoms. The van der Waals surface area contributed by atoms with Crippen LogP contribution in [0.5, 0.6) is 0 Å². The van der Waals surface area contributed by atoms with E-state index in [0.29, 0.717) is 36.0 Å². The molecule has 0 atom stereocenters. The lowest BCUT2D eigenvalue weighted by molar-refractivity contribution is 0.0953. The number of anilines is 1. The van der Waals surface area contributed by atoms with Crippen molar-refractivity contribution in [1.29, 1.82) is 0 Å². The van der Waals surface area contributed by atoms with Gasteiger partial charge < -0.3 is 15.1 Å². The van der Waals surface area contributed by atoms with Gasteiger partial charge in [-0.3, -0.25) is 4.79 Å². The molecule has 8 heteroatoms. The standard InChI is InChI=1S/C18H22N6O2/c1-11-7-12(2)24(23-11)17-9-16(21-10-22-17)19-5-6-20-18(25)15-8-13(3)26-14(15)4/h7-10H,5-6H2,1-4H3,(H,20,25)(H,19,21,22). The number of aryl methyl sites for hydroxylation is 4. The number of furan rings is 1. The highest BCUT2D eigenvalue weighted by Gasteiger charge is 2.12. The van der Waals surface area contributed by atoms with Gasteiger partial charge in [-0.25, -0.2) is 14.6 Å². The number of carbonyl (C=O) groups excluding carboxylic acids is 1. The summed E-state index contributed by atoms with van der Waals surface area (Å²) in [6.45, 7) is 8.51. The van der Waals surface area contributed by atoms with Gasteiger partial charge in [-0.1, -0.05) is 0 Å². The van der Waals surface area contributed by atoms with Gasteiger partial charge in [0, 0.05) is 24.8 Å². The number of aromatic nitrogens is 4. The number of carbonyl (C=O) groups is 1. The van der Waals surface area contributed by atoms with E-state index in [1.807, 2.05) is 32.9 Å². The highest BCUT2D eigenvalue weighted by atomic mass is 16.3. The summed E-state index contributed by atoms with van der Waals surface area (Å²) in [6, 6.07) is 5.55. The fourth-order valence-corrected chi connectivity index (χ4v) is 2.74. The average molecular weight is 354 g/mol. The Balaban J connectivity index is 1.55. The van der Waals surface area contributed by atoms with Crippen LogP contribution < -0.4 is 10.6 Å². The van der Waals surface area contributed by atoms with Crippen molar-refractivity contribution >= 4 is 11.7 Å². The quantitative estimate of drug-likeness (QED) is 0.659. The maximum atomic E-state index is 12.1. The zero-order valence-electron chi connectivity index (χ0n) is 15.3. The molecular formula is C18H22N6O2. The van der Waals surface area contributed by atoms with Gasteiger partial charge in [0.15, 0.2) is 5.82 Å². The smallest absolute Gasteiger partial charge is 0.254 e. The molecular weight excluding hydrogens is 332 g/mol. The first-order valence-corrected chi connectivity index (χ1v) is 8.39. The van der Waals surface area contributed by atoms with E-state index in [9.17, 15) is 4.79 Å². The summed E-state index contributed by atoms with van der Waals surface area (Å²) in [6.07, 6.45) is 1.49. The Bertz CT molecular complexity index is 928. The average Bonchev–Trinajstić information content (AvgIpc) is 3.12. The van der Waals surface area contributed by atoms with E-state index in [0.717, 1.165) is 17.1 Å². The van der Waals surface area contributed by atoms with E-state index in [2.05, 4.69) is 25.7 Å². The molecule has 136 valence electrons. The maximum Gasteiger partial charge on any atom is 0.254 e. The SMILES string of the molecule is Cc1cc(C)n(-c2cc(NCCNC(=O)c3cc(C)oc3C)ncn2)n1. The molecule has 0 bridgehead atoms. The van der Waals surface area contributed by atoms with Gasteiger partial charge in [0.2, 0.25) is 0 Å². The lowest BCUT2D eigenvalue weighted by Crippen LogP contribution is -2.29. The Morgan fingerprint density at radius 3 is 2.58 bits per heavy atom. The van der Waals surface area contributed by atoms with E-state index < -0.39 is 0 Å². The van der Waals surface area contributed by atoms with Crippen molar-refractivity contribution in [3.8, 4) is 5.82 Å². The summed E-state index contributed by atoms with van der Waals surface area (Å²) in [5.41, 5.74) is 2.50. The van der Waals surface area contributed by atoms with E-state index >= 15 is 0 Å². The molecule has 0 fully saturated rings. The van der Waals surface area contributed by atoms with Gasteiger partial charge in [-0.05, 0) is 39.8 Å². The molecule has 0 unspecified atom stereocenters. The van der Waals surface area contributed by atoms with E-state index in [1.165, 1.54) is 6.33 Å². The van der Waals surface area contributed by atoms with E-state index in [1.54, 1.807) is 17.7 Å². The number of nitrogens with one attached hydrogen (secondary N) is 2. The number of hydrogen-bond donors (Lipinski definition) is 2. The summed E-state index contributed by atoms with van der Waals surface area (Å²) < 4.78 is 7.15. The van der Waals surface area contributed by atoms with Crippen LogP contribution in [0.4, 0.5) is 5.82 Å². The molecule has 3 aromatic heterocycles. The van der Waals surface area contributed by atoms with Gasteiger partial charge in [0.1, 0.15) is 23.7 Å². The number of hydrogen-bond acceptors (Lipinski definition) is 6. The fraction of sp³-hybridized carbons (Fsp3) is 0.333. The van der Waals surface area contributed by atoms with Gasteiger partial charge in [-0.15, -0.1) is 0 Å². The van der Waals surface area contributed by atoms with Crippen LogP contribution in [-0.4, -0.2) is 38.7 Å². The third-order valence-electron chi connectivity index (χ3n) is 3.88. The second kappa shape index (κ2) is 7.38. The molecule has 3 aromatic rings. The molecule has 0 saturated carbocycles. The Kier molecular flexibility index (Phi) is 5.01. The molecule has 0 aliphatic carbocycles. The highest BCUT2D eigenvalue weighted by molar-refractivity contribution is 5.95. The summed E-state index contributed by atoms with van der Waals surface area (Å²) in [5.74, 6) is 2.57. The Hall–Kier alpha value is -3.16. The Morgan fingerprint density at radius 2 is 1.92 bits per heavy atom. The minimum absolute atomic E-state index is 0.146. The van der Waals surface area contributed by atoms with Crippen LogP contribution in [0.1, 0.15) is 33.3 Å². The number of rotatable bonds is 6. The van der Waals surface area contributed by atoms with Crippen molar-refractivity contribution in [3.05, 3.63) is 53.0 Å².